The Labute approximate surface area is 196 Å². The fourth-order valence-electron chi connectivity index (χ4n) is 3.44. The average Bonchev–Trinajstić information content (AvgIpc) is 3.51. The molecule has 0 atom stereocenters. The Morgan fingerprint density at radius 1 is 1.12 bits per heavy atom. The van der Waals surface area contributed by atoms with Crippen LogP contribution in [0.3, 0.4) is 0 Å². The molecule has 1 amide bonds. The molecule has 1 aliphatic rings. The lowest BCUT2D eigenvalue weighted by molar-refractivity contribution is -0.113. The Kier molecular flexibility index (Phi) is 7.26. The summed E-state index contributed by atoms with van der Waals surface area (Å²) < 4.78 is 33.9. The minimum Gasteiger partial charge on any atom is -0.492 e. The molecule has 4 rings (SSSR count). The average molecular weight is 489 g/mol. The maximum Gasteiger partial charge on any atom is 0.243 e. The number of sulfonamides is 1. The molecule has 174 valence electrons. The second-order valence-electron chi connectivity index (χ2n) is 7.25. The summed E-state index contributed by atoms with van der Waals surface area (Å²) in [5, 5.41) is 15.0. The second kappa shape index (κ2) is 10.3. The first-order valence-corrected chi connectivity index (χ1v) is 12.9. The molecule has 0 saturated carbocycles. The van der Waals surface area contributed by atoms with E-state index in [4.69, 9.17) is 4.74 Å². The van der Waals surface area contributed by atoms with E-state index in [1.54, 1.807) is 12.1 Å². The number of nitrogens with zero attached hydrogens (tertiary/aromatic N) is 5. The highest BCUT2D eigenvalue weighted by Crippen LogP contribution is 2.26. The number of hydrogen-bond donors (Lipinski definition) is 1. The van der Waals surface area contributed by atoms with E-state index in [1.165, 1.54) is 32.9 Å². The summed E-state index contributed by atoms with van der Waals surface area (Å²) in [5.41, 5.74) is 1.20. The summed E-state index contributed by atoms with van der Waals surface area (Å²) >= 11 is 1.18. The molecule has 2 aromatic carbocycles. The number of hydrogen-bond acceptors (Lipinski definition) is 8. The number of carbonyl (C=O) groups excluding carboxylic acids is 1. The van der Waals surface area contributed by atoms with Gasteiger partial charge in [-0.25, -0.2) is 8.42 Å². The van der Waals surface area contributed by atoms with Crippen LogP contribution in [0.25, 0.3) is 5.69 Å². The van der Waals surface area contributed by atoms with Crippen LogP contribution in [0.4, 0.5) is 5.69 Å². The van der Waals surface area contributed by atoms with Gasteiger partial charge in [-0.05, 0) is 66.6 Å². The minimum absolute atomic E-state index is 0.0744. The molecule has 33 heavy (non-hydrogen) atoms. The topological polar surface area (TPSA) is 119 Å². The smallest absolute Gasteiger partial charge is 0.243 e. The molecule has 0 spiro atoms. The van der Waals surface area contributed by atoms with E-state index in [0.717, 1.165) is 12.8 Å². The zero-order valence-corrected chi connectivity index (χ0v) is 19.7. The molecule has 1 saturated heterocycles. The van der Waals surface area contributed by atoms with Gasteiger partial charge in [0.1, 0.15) is 11.4 Å². The van der Waals surface area contributed by atoms with Crippen LogP contribution in [-0.2, 0) is 14.8 Å². The van der Waals surface area contributed by atoms with E-state index in [0.29, 0.717) is 42.0 Å². The van der Waals surface area contributed by atoms with Crippen LogP contribution in [0.5, 0.6) is 5.75 Å². The van der Waals surface area contributed by atoms with Gasteiger partial charge in [-0.1, -0.05) is 23.9 Å². The highest BCUT2D eigenvalue weighted by molar-refractivity contribution is 7.99. The van der Waals surface area contributed by atoms with Crippen molar-refractivity contribution < 1.29 is 17.9 Å². The number of amides is 1. The van der Waals surface area contributed by atoms with Crippen molar-refractivity contribution in [2.75, 3.05) is 30.8 Å². The van der Waals surface area contributed by atoms with Gasteiger partial charge in [-0.15, -0.1) is 5.10 Å². The number of nitrogens with one attached hydrogen (secondary N) is 1. The standard InChI is InChI=1S/C21H24N6O4S2/c1-2-31-19-8-4-3-7-18(19)27-21(23-24-25-27)32-15-20(28)22-16-9-11-17(12-10-16)33(29,30)26-13-5-6-14-26/h3-4,7-12H,2,5-6,13-15H2,1H3,(H,22,28). The maximum atomic E-state index is 12.6. The summed E-state index contributed by atoms with van der Waals surface area (Å²) in [4.78, 5) is 12.7. The lowest BCUT2D eigenvalue weighted by Crippen LogP contribution is -2.27. The SMILES string of the molecule is CCOc1ccccc1-n1nnnc1SCC(=O)Nc1ccc(S(=O)(=O)N2CCCC2)cc1. The summed E-state index contributed by atoms with van der Waals surface area (Å²) in [6.07, 6.45) is 1.76. The van der Waals surface area contributed by atoms with Crippen LogP contribution >= 0.6 is 11.8 Å². The first-order chi connectivity index (χ1) is 16.0. The molecular weight excluding hydrogens is 464 g/mol. The lowest BCUT2D eigenvalue weighted by Gasteiger charge is -2.15. The van der Waals surface area contributed by atoms with Crippen LogP contribution in [0.1, 0.15) is 19.8 Å². The first kappa shape index (κ1) is 23.2. The largest absolute Gasteiger partial charge is 0.492 e. The van der Waals surface area contributed by atoms with Gasteiger partial charge < -0.3 is 10.1 Å². The van der Waals surface area contributed by atoms with E-state index in [2.05, 4.69) is 20.8 Å². The number of anilines is 1. The summed E-state index contributed by atoms with van der Waals surface area (Å²) in [6.45, 7) is 3.49. The van der Waals surface area contributed by atoms with Crippen LogP contribution in [0.2, 0.25) is 0 Å². The van der Waals surface area contributed by atoms with Gasteiger partial charge in [0.15, 0.2) is 0 Å². The van der Waals surface area contributed by atoms with E-state index in [9.17, 15) is 13.2 Å². The van der Waals surface area contributed by atoms with Gasteiger partial charge in [0.2, 0.25) is 21.1 Å². The highest BCUT2D eigenvalue weighted by Gasteiger charge is 2.27. The number of aromatic nitrogens is 4. The van der Waals surface area contributed by atoms with Crippen LogP contribution in [-0.4, -0.2) is 64.3 Å². The van der Waals surface area contributed by atoms with E-state index in [1.807, 2.05) is 31.2 Å². The number of benzene rings is 2. The third-order valence-electron chi connectivity index (χ3n) is 5.01. The monoisotopic (exact) mass is 488 g/mol. The molecule has 10 nitrogen and oxygen atoms in total. The normalized spacial score (nSPS) is 14.3. The molecule has 3 aromatic rings. The number of carbonyl (C=O) groups is 1. The zero-order chi connectivity index (χ0) is 23.3. The maximum absolute atomic E-state index is 12.6. The lowest BCUT2D eigenvalue weighted by atomic mass is 10.3. The molecule has 1 N–H and O–H groups in total. The first-order valence-electron chi connectivity index (χ1n) is 10.5. The fourth-order valence-corrected chi connectivity index (χ4v) is 5.65. The van der Waals surface area contributed by atoms with Crippen LogP contribution in [0, 0.1) is 0 Å². The van der Waals surface area contributed by atoms with Crippen molar-refractivity contribution in [1.82, 2.24) is 24.5 Å². The summed E-state index contributed by atoms with van der Waals surface area (Å²) in [7, 11) is -3.48. The molecule has 1 aromatic heterocycles. The molecule has 12 heteroatoms. The van der Waals surface area contributed by atoms with Crippen molar-refractivity contribution >= 4 is 33.4 Å². The molecule has 2 heterocycles. The van der Waals surface area contributed by atoms with Crippen molar-refractivity contribution in [2.45, 2.75) is 29.8 Å². The molecule has 0 bridgehead atoms. The predicted molar refractivity (Wildman–Crippen MR) is 124 cm³/mol. The van der Waals surface area contributed by atoms with E-state index in [-0.39, 0.29) is 16.6 Å². The van der Waals surface area contributed by atoms with Gasteiger partial charge in [0.25, 0.3) is 0 Å². The summed E-state index contributed by atoms with van der Waals surface area (Å²) in [5.74, 6) is 0.454. The summed E-state index contributed by atoms with van der Waals surface area (Å²) in [6, 6.07) is 13.6. The highest BCUT2D eigenvalue weighted by atomic mass is 32.2. The van der Waals surface area contributed by atoms with Gasteiger partial charge >= 0.3 is 0 Å². The molecule has 1 fully saturated rings. The Hall–Kier alpha value is -2.96. The third-order valence-corrected chi connectivity index (χ3v) is 7.84. The van der Waals surface area contributed by atoms with Crippen molar-refractivity contribution in [3.63, 3.8) is 0 Å². The second-order valence-corrected chi connectivity index (χ2v) is 10.1. The van der Waals surface area contributed by atoms with Gasteiger partial charge in [-0.2, -0.15) is 8.99 Å². The van der Waals surface area contributed by atoms with Crippen LogP contribution < -0.4 is 10.1 Å². The molecule has 1 aliphatic heterocycles. The fraction of sp³-hybridized carbons (Fsp3) is 0.333. The number of ether oxygens (including phenoxy) is 1. The van der Waals surface area contributed by atoms with Crippen LogP contribution in [0.15, 0.2) is 58.6 Å². The molecule has 0 unspecified atom stereocenters. The Balaban J connectivity index is 1.38. The zero-order valence-electron chi connectivity index (χ0n) is 18.0. The Morgan fingerprint density at radius 3 is 2.58 bits per heavy atom. The van der Waals surface area contributed by atoms with Gasteiger partial charge in [0, 0.05) is 18.8 Å². The quantitative estimate of drug-likeness (QED) is 0.457. The molecule has 0 radical (unpaired) electrons. The van der Waals surface area contributed by atoms with Gasteiger partial charge in [-0.3, -0.25) is 4.79 Å². The number of rotatable bonds is 9. The number of para-hydroxylation sites is 2. The van der Waals surface area contributed by atoms with Crippen molar-refractivity contribution in [2.24, 2.45) is 0 Å². The number of tetrazole rings is 1. The van der Waals surface area contributed by atoms with Crippen molar-refractivity contribution in [3.05, 3.63) is 48.5 Å². The molecule has 0 aliphatic carbocycles. The van der Waals surface area contributed by atoms with E-state index < -0.39 is 10.0 Å². The third kappa shape index (κ3) is 5.34. The predicted octanol–water partition coefficient (Wildman–Crippen LogP) is 2.58. The Bertz CT molecular complexity index is 1210. The minimum atomic E-state index is -3.48. The van der Waals surface area contributed by atoms with Gasteiger partial charge in [0.05, 0.1) is 17.3 Å². The Morgan fingerprint density at radius 2 is 1.85 bits per heavy atom. The van der Waals surface area contributed by atoms with Crippen molar-refractivity contribution in [3.8, 4) is 11.4 Å². The van der Waals surface area contributed by atoms with E-state index >= 15 is 0 Å². The number of thioether (sulfide) groups is 1. The van der Waals surface area contributed by atoms with Crippen molar-refractivity contribution in [1.29, 1.82) is 0 Å². The molecular formula is C21H24N6O4S2.